The maximum absolute atomic E-state index is 14.6. The predicted octanol–water partition coefficient (Wildman–Crippen LogP) is 21.1. The van der Waals surface area contributed by atoms with Crippen LogP contribution in [-0.4, -0.2) is 199 Å². The van der Waals surface area contributed by atoms with Gasteiger partial charge in [0.05, 0.1) is 98.2 Å². The number of fused-ring (bicyclic) bond motifs is 4. The molecule has 144 heavy (non-hydrogen) atoms. The Labute approximate surface area is 851 Å². The van der Waals surface area contributed by atoms with Crippen LogP contribution < -0.4 is 22.7 Å². The lowest BCUT2D eigenvalue weighted by Gasteiger charge is -2.32. The molecule has 6 aromatic heterocycles. The third kappa shape index (κ3) is 27.9. The summed E-state index contributed by atoms with van der Waals surface area (Å²) in [5, 5.41) is 12.5. The molecule has 0 radical (unpaired) electrons. The third-order valence-electron chi connectivity index (χ3n) is 24.9. The fourth-order valence-electron chi connectivity index (χ4n) is 16.5. The Morgan fingerprint density at radius 3 is 1.09 bits per heavy atom. The molecule has 7 N–H and O–H groups in total. The zero-order chi connectivity index (χ0) is 103. The predicted molar refractivity (Wildman–Crippen MR) is 556 cm³/mol. The van der Waals surface area contributed by atoms with Crippen molar-refractivity contribution >= 4 is 155 Å². The lowest BCUT2D eigenvalue weighted by atomic mass is 9.78. The van der Waals surface area contributed by atoms with Gasteiger partial charge in [0.2, 0.25) is 0 Å². The van der Waals surface area contributed by atoms with E-state index in [0.29, 0.717) is 158 Å². The van der Waals surface area contributed by atoms with E-state index in [0.717, 1.165) is 141 Å². The molecule has 4 amide bonds. The van der Waals surface area contributed by atoms with Crippen LogP contribution in [-0.2, 0) is 63.7 Å². The molecule has 26 nitrogen and oxygen atoms in total. The number of hydrogen-bond acceptors (Lipinski definition) is 21. The van der Waals surface area contributed by atoms with Crippen LogP contribution in [0, 0.1) is 51.0 Å². The van der Waals surface area contributed by atoms with Crippen molar-refractivity contribution in [3.63, 3.8) is 0 Å². The molecule has 5 aliphatic rings. The van der Waals surface area contributed by atoms with Gasteiger partial charge < -0.3 is 87.8 Å². The van der Waals surface area contributed by atoms with E-state index in [1.165, 1.54) is 48.7 Å². The van der Waals surface area contributed by atoms with Crippen molar-refractivity contribution in [1.29, 1.82) is 0 Å². The minimum atomic E-state index is -0.980. The summed E-state index contributed by atoms with van der Waals surface area (Å²) >= 11 is 12.8. The van der Waals surface area contributed by atoms with Crippen molar-refractivity contribution in [2.24, 2.45) is 5.73 Å². The first-order valence-corrected chi connectivity index (χ1v) is 49.1. The van der Waals surface area contributed by atoms with Crippen LogP contribution in [0.4, 0.5) is 29.2 Å². The number of nitrogens with zero attached hydrogens (tertiary/aromatic N) is 6. The van der Waals surface area contributed by atoms with E-state index in [1.54, 1.807) is 98.6 Å². The molecule has 5 aliphatic heterocycles. The van der Waals surface area contributed by atoms with Gasteiger partial charge in [0.15, 0.2) is 5.78 Å². The molecule has 14 aromatic rings. The molecule has 5 saturated heterocycles. The molecule has 34 heteroatoms. The molecular weight excluding hydrogens is 1960 g/mol. The molecule has 0 aliphatic carbocycles. The Kier molecular flexibility index (Phi) is 37.5. The summed E-state index contributed by atoms with van der Waals surface area (Å²) in [5.41, 5.74) is 31.3. The number of alkyl halides is 2. The third-order valence-corrected chi connectivity index (χ3v) is 25.4. The molecule has 754 valence electrons. The highest BCUT2D eigenvalue weighted by atomic mass is 79.9. The molecule has 19 rings (SSSR count). The van der Waals surface area contributed by atoms with Gasteiger partial charge in [-0.05, 0) is 285 Å². The van der Waals surface area contributed by atoms with Crippen LogP contribution >= 0.6 is 39.1 Å². The minimum Gasteiger partial charge on any atom is -0.478 e. The number of nitrogen functional groups attached to an aromatic ring is 2. The van der Waals surface area contributed by atoms with Gasteiger partial charge in [-0.2, -0.15) is 0 Å². The Bertz CT molecular complexity index is 6810. The van der Waals surface area contributed by atoms with E-state index < -0.39 is 29.2 Å². The first-order chi connectivity index (χ1) is 69.0. The van der Waals surface area contributed by atoms with E-state index >= 15 is 0 Å². The highest BCUT2D eigenvalue weighted by Gasteiger charge is 2.52. The van der Waals surface area contributed by atoms with Gasteiger partial charge in [-0.25, -0.2) is 32.3 Å². The minimum absolute atomic E-state index is 0.0246. The topological polar surface area (TPSA) is 347 Å². The number of carbonyl (C=O) groups excluding carboxylic acids is 5. The average molecular weight is 2070 g/mol. The summed E-state index contributed by atoms with van der Waals surface area (Å²) in [4.78, 5) is 87.1. The fraction of sp³-hybridized carbons (Fsp3) is 0.309. The van der Waals surface area contributed by atoms with Gasteiger partial charge in [-0.1, -0.05) is 60.1 Å². The smallest absolute Gasteiger partial charge is 0.478 e. The number of rotatable bonds is 18. The maximum atomic E-state index is 14.6. The molecule has 0 saturated carbocycles. The number of hydrogen-bond donors (Lipinski definition) is 4. The SMILES string of the molecule is CCc1cc2cc(-c3ccc(F)c(C(=O)N4CCOCC4)c3)cc(C)c2o1.CCc1cc2cc(B3OC(C)(C)C(C)(C)O3)cc(C)c2o1.Cc1cc(-c2ccc(F)c(C(=O)N3CCOCC3)c2)cc2cc(CCC(=O)/C=C/c3ccc(N)nc3)oc12.Cc1cc(-c2ccc(F)c(C(=O)N3CCOCC3)c2)cc2cc(CN)oc12.ClCCl.Nc1ccc(/C=C/C(=O)O)cn1.O=C(c1cc(Br)ccc1F)N1CCOCC1. The number of pyridine rings is 2. The van der Waals surface area contributed by atoms with Crippen LogP contribution in [0.1, 0.15) is 146 Å². The molecule has 0 atom stereocenters. The lowest BCUT2D eigenvalue weighted by molar-refractivity contribution is -0.131. The number of morpholine rings is 4. The second kappa shape index (κ2) is 49.9. The number of allylic oxidation sites excluding steroid dienone is 1. The van der Waals surface area contributed by atoms with E-state index in [9.17, 15) is 46.3 Å². The van der Waals surface area contributed by atoms with Crippen molar-refractivity contribution in [2.45, 2.75) is 113 Å². The maximum Gasteiger partial charge on any atom is 0.494 e. The van der Waals surface area contributed by atoms with Crippen LogP contribution in [0.15, 0.2) is 217 Å². The molecule has 11 heterocycles. The van der Waals surface area contributed by atoms with Crippen LogP contribution in [0.2, 0.25) is 0 Å². The van der Waals surface area contributed by atoms with Crippen molar-refractivity contribution in [1.82, 2.24) is 29.6 Å². The number of aliphatic carboxylic acids is 1. The van der Waals surface area contributed by atoms with E-state index in [4.69, 9.17) is 91.4 Å². The number of amides is 4. The normalized spacial score (nSPS) is 14.9. The van der Waals surface area contributed by atoms with Gasteiger partial charge in [0.1, 0.15) is 80.3 Å². The van der Waals surface area contributed by atoms with Crippen LogP contribution in [0.25, 0.3) is 89.4 Å². The van der Waals surface area contributed by atoms with Gasteiger partial charge >= 0.3 is 13.1 Å². The number of nitrogens with two attached hydrogens (primary N) is 3. The van der Waals surface area contributed by atoms with Crippen molar-refractivity contribution in [2.75, 3.05) is 122 Å². The number of aryl methyl sites for hydroxylation is 7. The average Bonchev–Trinajstić information content (AvgIpc) is 1.61. The fourth-order valence-corrected chi connectivity index (χ4v) is 16.8. The standard InChI is InChI=1S/C30H28FN3O4.C22H22FNO3.C21H21FN2O3.C17H23BO3.C11H11BrFNO2.C8H8N2O2.CH2Cl2/c1-19-14-22(21-4-8-27(31)26(17-21)30(36)34-10-12-37-13-11-34)15-23-16-25(38-29(19)23)7-6-24(35)5-2-20-3-9-28(32)33-18-20;1-3-18-12-17-11-16(10-14(2)21(17)27-18)15-4-5-20(23)19(13-15)22(25)24-6-8-26-9-7-24;1-13-8-15(9-16-10-17(12-23)27-20(13)16)14-2-3-19(22)18(11-14)21(25)24-4-6-26-7-5-24;1-7-14-10-12-9-13(8-11(2)15(12)19-14)18-20-16(3,4)17(5,6)21-18;12-8-1-2-10(13)9(7-8)11(15)14-3-5-16-6-4-14;9-7-3-1-6(5-10-7)2-4-8(11)12;2-1-3/h2-5,8-9,14-18H,6-7,10-13H2,1H3,(H2,32,33);4-5,10-13H,3,6-9H2,1-2H3;2-3,8-11H,4-7,12,23H2,1H3;8-10H,7H2,1-6H3;1-2,7H,3-6H2;1-5H,(H2,9,10)(H,11,12);1H2/b5-2+;;;;;4-2+;. The number of furan rings is 4. The number of carboxylic acid groups (broad SMARTS) is 1. The molecule has 5 fully saturated rings. The van der Waals surface area contributed by atoms with Crippen molar-refractivity contribution in [3.05, 3.63) is 301 Å². The number of halogens is 7. The summed E-state index contributed by atoms with van der Waals surface area (Å²) in [6.07, 6.45) is 11.4. The number of carbonyl (C=O) groups is 6. The Hall–Kier alpha value is -13.1. The Morgan fingerprint density at radius 2 is 0.743 bits per heavy atom. The number of carboxylic acids is 1. The van der Waals surface area contributed by atoms with Gasteiger partial charge in [-0.3, -0.25) is 24.0 Å². The molecular formula is C110H115BBrCl2F4N9O17. The number of benzene rings is 8. The number of ether oxygens (including phenoxy) is 4. The van der Waals surface area contributed by atoms with Gasteiger partial charge in [0.25, 0.3) is 23.6 Å². The number of ketones is 1. The summed E-state index contributed by atoms with van der Waals surface area (Å²) in [6.45, 7) is 28.5. The summed E-state index contributed by atoms with van der Waals surface area (Å²) < 4.78 is 114. The highest BCUT2D eigenvalue weighted by Crippen LogP contribution is 2.40. The van der Waals surface area contributed by atoms with Crippen LogP contribution in [0.3, 0.4) is 0 Å². The quantitative estimate of drug-likeness (QED) is 0.0268. The molecule has 0 bridgehead atoms. The molecule has 8 aromatic carbocycles. The van der Waals surface area contributed by atoms with Gasteiger partial charge in [-0.15, -0.1) is 23.2 Å². The lowest BCUT2D eigenvalue weighted by Crippen LogP contribution is -2.41. The van der Waals surface area contributed by atoms with E-state index in [1.807, 2.05) is 75.4 Å². The zero-order valence-electron chi connectivity index (χ0n) is 81.8. The Balaban J connectivity index is 0.000000149. The second-order valence-electron chi connectivity index (χ2n) is 35.7. The summed E-state index contributed by atoms with van der Waals surface area (Å²) in [5.74, 6) is -0.0135. The largest absolute Gasteiger partial charge is 0.494 e. The highest BCUT2D eigenvalue weighted by molar-refractivity contribution is 9.10. The van der Waals surface area contributed by atoms with E-state index in [2.05, 4.69) is 92.6 Å². The molecule has 0 spiro atoms. The Morgan fingerprint density at radius 1 is 0.424 bits per heavy atom. The summed E-state index contributed by atoms with van der Waals surface area (Å²) in [6, 6.07) is 49.3. The van der Waals surface area contributed by atoms with Crippen molar-refractivity contribution < 1.29 is 97.4 Å². The summed E-state index contributed by atoms with van der Waals surface area (Å²) in [7, 11) is -0.321. The van der Waals surface area contributed by atoms with Crippen LogP contribution in [0.5, 0.6) is 0 Å². The zero-order valence-corrected chi connectivity index (χ0v) is 84.9. The monoisotopic (exact) mass is 2070 g/mol. The number of aromatic nitrogens is 2. The first kappa shape index (κ1) is 108. The van der Waals surface area contributed by atoms with Crippen molar-refractivity contribution in [3.8, 4) is 33.4 Å². The second-order valence-corrected chi connectivity index (χ2v) is 37.4. The molecule has 0 unspecified atom stereocenters. The van der Waals surface area contributed by atoms with Gasteiger partial charge in [0, 0.05) is 123 Å². The first-order valence-electron chi connectivity index (χ1n) is 47.2. The van der Waals surface area contributed by atoms with E-state index in [-0.39, 0.29) is 75.3 Å². The number of anilines is 2.